The van der Waals surface area contributed by atoms with Gasteiger partial charge in [-0.1, -0.05) is 26.7 Å². The monoisotopic (exact) mass is 198 g/mol. The molecule has 1 aliphatic carbocycles. The minimum absolute atomic E-state index is 0.0619. The molecule has 1 saturated carbocycles. The van der Waals surface area contributed by atoms with Crippen LogP contribution < -0.4 is 0 Å². The van der Waals surface area contributed by atoms with Crippen LogP contribution in [0.3, 0.4) is 0 Å². The molecule has 1 aliphatic rings. The molecule has 0 aromatic rings. The van der Waals surface area contributed by atoms with Gasteiger partial charge in [0.2, 0.25) is 0 Å². The Kier molecular flexibility index (Phi) is 3.71. The number of ketones is 1. The molecule has 0 saturated heterocycles. The van der Waals surface area contributed by atoms with E-state index in [9.17, 15) is 9.90 Å². The molecule has 0 spiro atoms. The van der Waals surface area contributed by atoms with Crippen LogP contribution >= 0.6 is 0 Å². The van der Waals surface area contributed by atoms with Crippen molar-refractivity contribution in [1.29, 1.82) is 0 Å². The van der Waals surface area contributed by atoms with Crippen molar-refractivity contribution < 1.29 is 9.90 Å². The van der Waals surface area contributed by atoms with E-state index in [4.69, 9.17) is 0 Å². The lowest BCUT2D eigenvalue weighted by Crippen LogP contribution is -2.40. The Balaban J connectivity index is 2.54. The molecule has 1 atom stereocenters. The lowest BCUT2D eigenvalue weighted by molar-refractivity contribution is -0.141. The third-order valence-corrected chi connectivity index (χ3v) is 3.61. The smallest absolute Gasteiger partial charge is 0.167 e. The van der Waals surface area contributed by atoms with Crippen LogP contribution in [0.2, 0.25) is 0 Å². The summed E-state index contributed by atoms with van der Waals surface area (Å²) in [6.45, 7) is 5.75. The fourth-order valence-electron chi connectivity index (χ4n) is 2.14. The van der Waals surface area contributed by atoms with Gasteiger partial charge in [0.05, 0.1) is 0 Å². The maximum atomic E-state index is 11.9. The first-order valence-electron chi connectivity index (χ1n) is 5.74. The van der Waals surface area contributed by atoms with Gasteiger partial charge in [0, 0.05) is 5.92 Å². The van der Waals surface area contributed by atoms with E-state index in [1.807, 2.05) is 6.92 Å². The van der Waals surface area contributed by atoms with E-state index in [-0.39, 0.29) is 11.7 Å². The number of hydrogen-bond donors (Lipinski definition) is 1. The second-order valence-corrected chi connectivity index (χ2v) is 4.95. The largest absolute Gasteiger partial charge is 0.382 e. The second kappa shape index (κ2) is 4.43. The van der Waals surface area contributed by atoms with E-state index >= 15 is 0 Å². The fraction of sp³-hybridized carbons (Fsp3) is 0.917. The van der Waals surface area contributed by atoms with Crippen LogP contribution in [-0.2, 0) is 4.79 Å². The predicted octanol–water partition coefficient (Wildman–Crippen LogP) is 2.54. The molecule has 1 N–H and O–H groups in total. The summed E-state index contributed by atoms with van der Waals surface area (Å²) in [4.78, 5) is 11.9. The summed E-state index contributed by atoms with van der Waals surface area (Å²) in [7, 11) is 0. The van der Waals surface area contributed by atoms with Crippen molar-refractivity contribution in [3.63, 3.8) is 0 Å². The standard InChI is InChI=1S/C12H22O2/c1-4-12(3,14)11(13)10-7-5-9(2)6-8-10/h9-10,14H,4-8H2,1-3H3. The molecule has 1 unspecified atom stereocenters. The summed E-state index contributed by atoms with van der Waals surface area (Å²) in [6.07, 6.45) is 4.73. The van der Waals surface area contributed by atoms with Crippen molar-refractivity contribution in [3.8, 4) is 0 Å². The Morgan fingerprint density at radius 2 is 1.86 bits per heavy atom. The average molecular weight is 198 g/mol. The highest BCUT2D eigenvalue weighted by Gasteiger charge is 2.35. The van der Waals surface area contributed by atoms with Crippen LogP contribution in [0.1, 0.15) is 52.9 Å². The summed E-state index contributed by atoms with van der Waals surface area (Å²) < 4.78 is 0. The van der Waals surface area contributed by atoms with Crippen LogP contribution in [0, 0.1) is 11.8 Å². The van der Waals surface area contributed by atoms with Crippen molar-refractivity contribution in [1.82, 2.24) is 0 Å². The number of hydrogen-bond acceptors (Lipinski definition) is 2. The molecule has 1 fully saturated rings. The molecular weight excluding hydrogens is 176 g/mol. The maximum Gasteiger partial charge on any atom is 0.167 e. The van der Waals surface area contributed by atoms with Gasteiger partial charge in [-0.25, -0.2) is 0 Å². The maximum absolute atomic E-state index is 11.9. The minimum Gasteiger partial charge on any atom is -0.382 e. The molecule has 82 valence electrons. The Labute approximate surface area is 86.7 Å². The van der Waals surface area contributed by atoms with E-state index in [1.54, 1.807) is 6.92 Å². The lowest BCUT2D eigenvalue weighted by atomic mass is 9.76. The molecular formula is C12H22O2. The van der Waals surface area contributed by atoms with Gasteiger partial charge < -0.3 is 5.11 Å². The van der Waals surface area contributed by atoms with Crippen LogP contribution in [0.15, 0.2) is 0 Å². The van der Waals surface area contributed by atoms with Gasteiger partial charge in [0.15, 0.2) is 5.78 Å². The zero-order chi connectivity index (χ0) is 10.8. The Morgan fingerprint density at radius 3 is 2.29 bits per heavy atom. The molecule has 2 nitrogen and oxygen atoms in total. The predicted molar refractivity (Wildman–Crippen MR) is 57.0 cm³/mol. The van der Waals surface area contributed by atoms with Crippen molar-refractivity contribution in [3.05, 3.63) is 0 Å². The third kappa shape index (κ3) is 2.57. The first-order chi connectivity index (χ1) is 6.47. The van der Waals surface area contributed by atoms with Crippen LogP contribution in [0.5, 0.6) is 0 Å². The molecule has 0 bridgehead atoms. The molecule has 0 radical (unpaired) electrons. The minimum atomic E-state index is -1.09. The number of aliphatic hydroxyl groups is 1. The molecule has 0 amide bonds. The second-order valence-electron chi connectivity index (χ2n) is 4.95. The van der Waals surface area contributed by atoms with Gasteiger partial charge in [-0.05, 0) is 32.1 Å². The third-order valence-electron chi connectivity index (χ3n) is 3.61. The molecule has 0 heterocycles. The zero-order valence-electron chi connectivity index (χ0n) is 9.55. The Hall–Kier alpha value is -0.370. The topological polar surface area (TPSA) is 37.3 Å². The Bertz CT molecular complexity index is 200. The average Bonchev–Trinajstić information content (AvgIpc) is 2.18. The Morgan fingerprint density at radius 1 is 1.36 bits per heavy atom. The van der Waals surface area contributed by atoms with Gasteiger partial charge >= 0.3 is 0 Å². The molecule has 2 heteroatoms. The molecule has 14 heavy (non-hydrogen) atoms. The molecule has 1 rings (SSSR count). The number of Topliss-reactive ketones (excluding diaryl/α,β-unsaturated/α-hetero) is 1. The highest BCUT2D eigenvalue weighted by atomic mass is 16.3. The summed E-state index contributed by atoms with van der Waals surface area (Å²) in [5, 5.41) is 9.86. The highest BCUT2D eigenvalue weighted by Crippen LogP contribution is 2.32. The summed E-state index contributed by atoms with van der Waals surface area (Å²) >= 11 is 0. The van der Waals surface area contributed by atoms with Gasteiger partial charge in [0.25, 0.3) is 0 Å². The van der Waals surface area contributed by atoms with E-state index in [0.29, 0.717) is 6.42 Å². The quantitative estimate of drug-likeness (QED) is 0.756. The molecule has 0 aromatic heterocycles. The molecule has 0 aromatic carbocycles. The number of rotatable bonds is 3. The highest BCUT2D eigenvalue weighted by molar-refractivity contribution is 5.88. The van der Waals surface area contributed by atoms with E-state index in [2.05, 4.69) is 6.92 Å². The summed E-state index contributed by atoms with van der Waals surface area (Å²) in [5.41, 5.74) is -1.09. The van der Waals surface area contributed by atoms with Crippen molar-refractivity contribution in [2.45, 2.75) is 58.5 Å². The van der Waals surface area contributed by atoms with Gasteiger partial charge in [0.1, 0.15) is 5.60 Å². The lowest BCUT2D eigenvalue weighted by Gasteiger charge is -2.30. The summed E-state index contributed by atoms with van der Waals surface area (Å²) in [5.74, 6) is 0.929. The van der Waals surface area contributed by atoms with Crippen LogP contribution in [-0.4, -0.2) is 16.5 Å². The van der Waals surface area contributed by atoms with Gasteiger partial charge in [-0.15, -0.1) is 0 Å². The van der Waals surface area contributed by atoms with Crippen LogP contribution in [0.4, 0.5) is 0 Å². The van der Waals surface area contributed by atoms with Crippen molar-refractivity contribution in [2.75, 3.05) is 0 Å². The van der Waals surface area contributed by atoms with Gasteiger partial charge in [-0.3, -0.25) is 4.79 Å². The van der Waals surface area contributed by atoms with Crippen molar-refractivity contribution >= 4 is 5.78 Å². The SMILES string of the molecule is CCC(C)(O)C(=O)C1CCC(C)CC1. The van der Waals surface area contributed by atoms with Crippen molar-refractivity contribution in [2.24, 2.45) is 11.8 Å². The first-order valence-corrected chi connectivity index (χ1v) is 5.74. The summed E-state index contributed by atoms with van der Waals surface area (Å²) in [6, 6.07) is 0. The van der Waals surface area contributed by atoms with E-state index in [1.165, 1.54) is 0 Å². The van der Waals surface area contributed by atoms with E-state index in [0.717, 1.165) is 31.6 Å². The normalized spacial score (nSPS) is 32.3. The fourth-order valence-corrected chi connectivity index (χ4v) is 2.14. The zero-order valence-corrected chi connectivity index (χ0v) is 9.55. The van der Waals surface area contributed by atoms with Gasteiger partial charge in [-0.2, -0.15) is 0 Å². The van der Waals surface area contributed by atoms with E-state index < -0.39 is 5.60 Å². The first kappa shape index (κ1) is 11.7. The van der Waals surface area contributed by atoms with Crippen LogP contribution in [0.25, 0.3) is 0 Å². The number of carbonyl (C=O) groups excluding carboxylic acids is 1. The number of carbonyl (C=O) groups is 1. The molecule has 0 aliphatic heterocycles.